The lowest BCUT2D eigenvalue weighted by molar-refractivity contribution is -0.385. The normalized spacial score (nSPS) is 16.7. The van der Waals surface area contributed by atoms with Crippen LogP contribution in [0.2, 0.25) is 5.02 Å². The molecule has 0 saturated carbocycles. The molecular weight excluding hydrogens is 393 g/mol. The van der Waals surface area contributed by atoms with E-state index in [1.54, 1.807) is 24.3 Å². The van der Waals surface area contributed by atoms with E-state index in [4.69, 9.17) is 11.6 Å². The lowest BCUT2D eigenvalue weighted by atomic mass is 10.0. The van der Waals surface area contributed by atoms with Crippen LogP contribution in [0.1, 0.15) is 22.0 Å². The van der Waals surface area contributed by atoms with E-state index < -0.39 is 34.5 Å². The second kappa shape index (κ2) is 7.81. The number of nitro benzene ring substituents is 1. The number of hydrogen-bond donors (Lipinski definition) is 1. The van der Waals surface area contributed by atoms with Crippen LogP contribution in [0.5, 0.6) is 0 Å². The Bertz CT molecular complexity index is 955. The SMILES string of the molecule is O=C(O)N1CCN(C(=O)c2ccc([N+](=O)[O-])cc2F)C(c2ccccc2Cl)C1. The predicted molar refractivity (Wildman–Crippen MR) is 97.9 cm³/mol. The Morgan fingerprint density at radius 3 is 2.54 bits per heavy atom. The molecule has 0 spiro atoms. The Labute approximate surface area is 163 Å². The van der Waals surface area contributed by atoms with Crippen molar-refractivity contribution in [1.82, 2.24) is 9.80 Å². The van der Waals surface area contributed by atoms with Gasteiger partial charge in [0, 0.05) is 30.7 Å². The van der Waals surface area contributed by atoms with Gasteiger partial charge in [0.15, 0.2) is 0 Å². The Hall–Kier alpha value is -3.20. The van der Waals surface area contributed by atoms with E-state index in [1.165, 1.54) is 4.90 Å². The lowest BCUT2D eigenvalue weighted by Gasteiger charge is -2.41. The van der Waals surface area contributed by atoms with Gasteiger partial charge in [-0.25, -0.2) is 9.18 Å². The maximum atomic E-state index is 14.3. The van der Waals surface area contributed by atoms with E-state index in [0.29, 0.717) is 16.7 Å². The number of benzene rings is 2. The molecule has 1 atom stereocenters. The average molecular weight is 408 g/mol. The van der Waals surface area contributed by atoms with Crippen molar-refractivity contribution in [3.63, 3.8) is 0 Å². The molecule has 146 valence electrons. The predicted octanol–water partition coefficient (Wildman–Crippen LogP) is 3.56. The molecule has 1 N–H and O–H groups in total. The molecule has 1 heterocycles. The number of carbonyl (C=O) groups is 2. The maximum Gasteiger partial charge on any atom is 0.407 e. The van der Waals surface area contributed by atoms with Crippen molar-refractivity contribution in [3.05, 3.63) is 74.5 Å². The van der Waals surface area contributed by atoms with Crippen molar-refractivity contribution >= 4 is 29.3 Å². The Morgan fingerprint density at radius 1 is 1.21 bits per heavy atom. The van der Waals surface area contributed by atoms with Gasteiger partial charge in [0.05, 0.1) is 22.6 Å². The van der Waals surface area contributed by atoms with Gasteiger partial charge in [-0.3, -0.25) is 14.9 Å². The van der Waals surface area contributed by atoms with E-state index in [0.717, 1.165) is 17.0 Å². The fourth-order valence-electron chi connectivity index (χ4n) is 3.16. The van der Waals surface area contributed by atoms with E-state index in [-0.39, 0.29) is 25.2 Å². The first kappa shape index (κ1) is 19.6. The zero-order chi connectivity index (χ0) is 20.4. The molecule has 1 unspecified atom stereocenters. The number of nitro groups is 1. The van der Waals surface area contributed by atoms with Crippen LogP contribution in [0.4, 0.5) is 14.9 Å². The minimum Gasteiger partial charge on any atom is -0.465 e. The minimum absolute atomic E-state index is 0.0252. The highest BCUT2D eigenvalue weighted by Crippen LogP contribution is 2.32. The zero-order valence-corrected chi connectivity index (χ0v) is 15.2. The first-order valence-corrected chi connectivity index (χ1v) is 8.64. The summed E-state index contributed by atoms with van der Waals surface area (Å²) in [6.45, 7) is 0.0491. The highest BCUT2D eigenvalue weighted by Gasteiger charge is 2.35. The van der Waals surface area contributed by atoms with Crippen LogP contribution in [0.15, 0.2) is 42.5 Å². The summed E-state index contributed by atoms with van der Waals surface area (Å²) in [7, 11) is 0. The molecule has 8 nitrogen and oxygen atoms in total. The van der Waals surface area contributed by atoms with Crippen molar-refractivity contribution in [2.75, 3.05) is 19.6 Å². The molecule has 0 radical (unpaired) electrons. The molecule has 2 amide bonds. The number of carbonyl (C=O) groups excluding carboxylic acids is 1. The van der Waals surface area contributed by atoms with E-state index in [1.807, 2.05) is 0 Å². The third kappa shape index (κ3) is 3.74. The lowest BCUT2D eigenvalue weighted by Crippen LogP contribution is -2.52. The fraction of sp³-hybridized carbons (Fsp3) is 0.222. The van der Waals surface area contributed by atoms with Gasteiger partial charge in [-0.2, -0.15) is 0 Å². The molecule has 0 bridgehead atoms. The van der Waals surface area contributed by atoms with Crippen molar-refractivity contribution < 1.29 is 24.0 Å². The molecular formula is C18H15ClFN3O5. The van der Waals surface area contributed by atoms with Gasteiger partial charge in [0.2, 0.25) is 0 Å². The van der Waals surface area contributed by atoms with Gasteiger partial charge < -0.3 is 14.9 Å². The number of halogens is 2. The fourth-order valence-corrected chi connectivity index (χ4v) is 3.42. The summed E-state index contributed by atoms with van der Waals surface area (Å²) < 4.78 is 14.3. The van der Waals surface area contributed by atoms with Crippen LogP contribution in [-0.4, -0.2) is 51.5 Å². The van der Waals surface area contributed by atoms with Crippen molar-refractivity contribution in [2.24, 2.45) is 0 Å². The molecule has 28 heavy (non-hydrogen) atoms. The number of carboxylic acid groups (broad SMARTS) is 1. The molecule has 0 aliphatic carbocycles. The summed E-state index contributed by atoms with van der Waals surface area (Å²) in [4.78, 5) is 36.9. The molecule has 2 aromatic rings. The molecule has 1 fully saturated rings. The molecule has 0 aromatic heterocycles. The minimum atomic E-state index is -1.13. The van der Waals surface area contributed by atoms with E-state index in [9.17, 15) is 29.2 Å². The number of piperazine rings is 1. The third-order valence-corrected chi connectivity index (χ3v) is 4.91. The van der Waals surface area contributed by atoms with Gasteiger partial charge in [0.1, 0.15) is 5.82 Å². The molecule has 10 heteroatoms. The summed E-state index contributed by atoms with van der Waals surface area (Å²) in [6.07, 6.45) is -1.13. The first-order chi connectivity index (χ1) is 13.3. The Kier molecular flexibility index (Phi) is 5.46. The van der Waals surface area contributed by atoms with Gasteiger partial charge >= 0.3 is 6.09 Å². The highest BCUT2D eigenvalue weighted by molar-refractivity contribution is 6.31. The first-order valence-electron chi connectivity index (χ1n) is 8.26. The third-order valence-electron chi connectivity index (χ3n) is 4.57. The Balaban J connectivity index is 1.98. The summed E-state index contributed by atoms with van der Waals surface area (Å²) in [5.74, 6) is -1.71. The van der Waals surface area contributed by atoms with Crippen LogP contribution in [-0.2, 0) is 0 Å². The van der Waals surface area contributed by atoms with Crippen LogP contribution >= 0.6 is 11.6 Å². The number of non-ortho nitro benzene ring substituents is 1. The zero-order valence-electron chi connectivity index (χ0n) is 14.4. The second-order valence-corrected chi connectivity index (χ2v) is 6.59. The number of rotatable bonds is 3. The standard InChI is InChI=1S/C18H15ClFN3O5/c19-14-4-2-1-3-12(14)16-10-21(18(25)26)7-8-22(16)17(24)13-6-5-11(23(27)28)9-15(13)20/h1-6,9,16H,7-8,10H2,(H,25,26). The van der Waals surface area contributed by atoms with Gasteiger partial charge in [-0.1, -0.05) is 29.8 Å². The topological polar surface area (TPSA) is 104 Å². The van der Waals surface area contributed by atoms with E-state index in [2.05, 4.69) is 0 Å². The van der Waals surface area contributed by atoms with Gasteiger partial charge in [-0.05, 0) is 17.7 Å². The molecule has 3 rings (SSSR count). The largest absolute Gasteiger partial charge is 0.465 e. The number of nitrogens with zero attached hydrogens (tertiary/aromatic N) is 3. The van der Waals surface area contributed by atoms with Gasteiger partial charge in [-0.15, -0.1) is 0 Å². The molecule has 2 aromatic carbocycles. The molecule has 1 aliphatic rings. The summed E-state index contributed by atoms with van der Waals surface area (Å²) in [5, 5.41) is 20.4. The maximum absolute atomic E-state index is 14.3. The van der Waals surface area contributed by atoms with Crippen molar-refractivity contribution in [2.45, 2.75) is 6.04 Å². The Morgan fingerprint density at radius 2 is 1.93 bits per heavy atom. The highest BCUT2D eigenvalue weighted by atomic mass is 35.5. The van der Waals surface area contributed by atoms with Crippen molar-refractivity contribution in [1.29, 1.82) is 0 Å². The van der Waals surface area contributed by atoms with Crippen molar-refractivity contribution in [3.8, 4) is 0 Å². The van der Waals surface area contributed by atoms with Gasteiger partial charge in [0.25, 0.3) is 11.6 Å². The smallest absolute Gasteiger partial charge is 0.407 e. The van der Waals surface area contributed by atoms with Crippen LogP contribution < -0.4 is 0 Å². The number of amides is 2. The summed E-state index contributed by atoms with van der Waals surface area (Å²) >= 11 is 6.23. The monoisotopic (exact) mass is 407 g/mol. The van der Waals surface area contributed by atoms with Crippen LogP contribution in [0.3, 0.4) is 0 Å². The average Bonchev–Trinajstić information content (AvgIpc) is 2.67. The molecule has 1 aliphatic heterocycles. The second-order valence-electron chi connectivity index (χ2n) is 6.19. The van der Waals surface area contributed by atoms with E-state index >= 15 is 0 Å². The summed E-state index contributed by atoms with van der Waals surface area (Å²) in [6, 6.07) is 8.77. The summed E-state index contributed by atoms with van der Waals surface area (Å²) in [5.41, 5.74) is -0.260. The number of hydrogen-bond acceptors (Lipinski definition) is 4. The quantitative estimate of drug-likeness (QED) is 0.618. The molecule has 1 saturated heterocycles. The van der Waals surface area contributed by atoms with Crippen LogP contribution in [0, 0.1) is 15.9 Å². The van der Waals surface area contributed by atoms with Crippen LogP contribution in [0.25, 0.3) is 0 Å².